The van der Waals surface area contributed by atoms with Gasteiger partial charge in [-0.15, -0.1) is 0 Å². The number of benzene rings is 1. The van der Waals surface area contributed by atoms with E-state index in [1.54, 1.807) is 6.07 Å². The van der Waals surface area contributed by atoms with E-state index in [0.717, 1.165) is 5.19 Å². The Bertz CT molecular complexity index is 296. The van der Waals surface area contributed by atoms with Gasteiger partial charge in [-0.2, -0.15) is 0 Å². The zero-order valence-corrected chi connectivity index (χ0v) is 10.1. The van der Waals surface area contributed by atoms with Crippen molar-refractivity contribution in [3.05, 3.63) is 28.5 Å². The first-order valence-corrected chi connectivity index (χ1v) is 8.16. The van der Waals surface area contributed by atoms with Gasteiger partial charge >= 0.3 is 18.9 Å². The summed E-state index contributed by atoms with van der Waals surface area (Å²) in [5, 5.41) is 0.886. The second-order valence-electron chi connectivity index (χ2n) is 3.85. The monoisotopic (exact) mass is 254 g/mol. The van der Waals surface area contributed by atoms with Gasteiger partial charge in [-0.3, -0.25) is 0 Å². The Balaban J connectivity index is 0.00000144. The molecule has 0 spiro atoms. The van der Waals surface area contributed by atoms with E-state index in [1.165, 1.54) is 0 Å². The van der Waals surface area contributed by atoms with Crippen molar-refractivity contribution in [2.24, 2.45) is 0 Å². The van der Waals surface area contributed by atoms with Gasteiger partial charge < -0.3 is 0 Å². The van der Waals surface area contributed by atoms with E-state index >= 15 is 0 Å². The summed E-state index contributed by atoms with van der Waals surface area (Å²) in [6.45, 7) is 6.41. The Labute approximate surface area is 100 Å². The first-order valence-electron chi connectivity index (χ1n) is 3.87. The molecule has 1 aromatic carbocycles. The van der Waals surface area contributed by atoms with E-state index in [-0.39, 0.29) is 24.7 Å². The van der Waals surface area contributed by atoms with E-state index in [0.29, 0.717) is 4.47 Å². The topological polar surface area (TPSA) is 0 Å². The minimum absolute atomic E-state index is 0. The van der Waals surface area contributed by atoms with Crippen LogP contribution in [0.3, 0.4) is 0 Å². The molecule has 0 fully saturated rings. The molecule has 0 saturated heterocycles. The van der Waals surface area contributed by atoms with Gasteiger partial charge in [0.2, 0.25) is 0 Å². The van der Waals surface area contributed by atoms with E-state index in [4.69, 9.17) is 0 Å². The third kappa shape index (κ3) is 3.25. The molecule has 0 heterocycles. The maximum atomic E-state index is 13.5. The molecule has 13 heavy (non-hydrogen) atoms. The van der Waals surface area contributed by atoms with Crippen LogP contribution in [0.15, 0.2) is 22.7 Å². The molecule has 0 atom stereocenters. The van der Waals surface area contributed by atoms with Crippen molar-refractivity contribution in [3.8, 4) is 0 Å². The number of hydrogen-bond acceptors (Lipinski definition) is 0. The van der Waals surface area contributed by atoms with Gasteiger partial charge in [-0.25, -0.2) is 4.39 Å². The Morgan fingerprint density at radius 1 is 1.23 bits per heavy atom. The van der Waals surface area contributed by atoms with Crippen molar-refractivity contribution in [1.29, 1.82) is 0 Å². The Hall–Kier alpha value is 0.444. The molecule has 1 aromatic rings. The van der Waals surface area contributed by atoms with Gasteiger partial charge in [0.15, 0.2) is 0 Å². The quantitative estimate of drug-likeness (QED) is 0.676. The fourth-order valence-corrected chi connectivity index (χ4v) is 3.02. The molecule has 0 unspecified atom stereocenters. The molecule has 0 bridgehead atoms. The second-order valence-corrected chi connectivity index (χ2v) is 9.74. The molecule has 0 radical (unpaired) electrons. The van der Waals surface area contributed by atoms with Crippen LogP contribution in [0, 0.1) is 5.82 Å². The fourth-order valence-electron chi connectivity index (χ4n) is 1.08. The predicted octanol–water partition coefficient (Wildman–Crippen LogP) is 2.48. The standard InChI is InChI=1S/C9H12BrFSi.Li.H/c1-12(2,3)8-6-4-5-7(10)9(8)11;;/h4-6H,1-3H3;;. The van der Waals surface area contributed by atoms with Crippen molar-refractivity contribution in [2.45, 2.75) is 19.6 Å². The molecular weight excluding hydrogens is 242 g/mol. The van der Waals surface area contributed by atoms with Crippen molar-refractivity contribution in [3.63, 3.8) is 0 Å². The van der Waals surface area contributed by atoms with Gasteiger partial charge in [0, 0.05) is 0 Å². The van der Waals surface area contributed by atoms with Crippen molar-refractivity contribution >= 4 is 48.1 Å². The van der Waals surface area contributed by atoms with Crippen LogP contribution in [-0.2, 0) is 0 Å². The summed E-state index contributed by atoms with van der Waals surface area (Å²) < 4.78 is 14.1. The van der Waals surface area contributed by atoms with Gasteiger partial charge in [0.1, 0.15) is 5.82 Å². The van der Waals surface area contributed by atoms with Crippen LogP contribution >= 0.6 is 15.9 Å². The maximum absolute atomic E-state index is 13.5. The first kappa shape index (κ1) is 13.4. The molecule has 0 N–H and O–H groups in total. The number of hydrogen-bond donors (Lipinski definition) is 0. The third-order valence-electron chi connectivity index (χ3n) is 1.76. The van der Waals surface area contributed by atoms with Gasteiger partial charge in [0.05, 0.1) is 12.5 Å². The van der Waals surface area contributed by atoms with E-state index in [1.807, 2.05) is 12.1 Å². The van der Waals surface area contributed by atoms with E-state index in [9.17, 15) is 4.39 Å². The van der Waals surface area contributed by atoms with Crippen LogP contribution in [0.25, 0.3) is 0 Å². The number of halogens is 2. The summed E-state index contributed by atoms with van der Waals surface area (Å²) in [6.07, 6.45) is 0. The summed E-state index contributed by atoms with van der Waals surface area (Å²) in [5.74, 6) is -0.0864. The molecule has 0 aliphatic heterocycles. The molecule has 1 rings (SSSR count). The third-order valence-corrected chi connectivity index (χ3v) is 4.37. The Morgan fingerprint density at radius 3 is 2.15 bits per heavy atom. The summed E-state index contributed by atoms with van der Waals surface area (Å²) in [6, 6.07) is 5.51. The zero-order valence-electron chi connectivity index (χ0n) is 7.49. The van der Waals surface area contributed by atoms with Gasteiger partial charge in [0.25, 0.3) is 0 Å². The van der Waals surface area contributed by atoms with E-state index in [2.05, 4.69) is 35.6 Å². The second kappa shape index (κ2) is 4.79. The molecule has 0 saturated carbocycles. The molecule has 68 valence electrons. The fraction of sp³-hybridized carbons (Fsp3) is 0.333. The van der Waals surface area contributed by atoms with Crippen LogP contribution in [0.4, 0.5) is 4.39 Å². The van der Waals surface area contributed by atoms with E-state index < -0.39 is 8.07 Å². The molecular formula is C9H13BrFLiSi. The summed E-state index contributed by atoms with van der Waals surface area (Å²) in [7, 11) is -1.51. The molecule has 4 heteroatoms. The molecule has 0 nitrogen and oxygen atoms in total. The van der Waals surface area contributed by atoms with Crippen LogP contribution in [0.1, 0.15) is 0 Å². The first-order chi connectivity index (χ1) is 5.43. The van der Waals surface area contributed by atoms with Gasteiger partial charge in [-0.1, -0.05) is 31.8 Å². The zero-order chi connectivity index (χ0) is 9.35. The van der Waals surface area contributed by atoms with Crippen LogP contribution in [-0.4, -0.2) is 26.9 Å². The summed E-state index contributed by atoms with van der Waals surface area (Å²) >= 11 is 3.19. The number of rotatable bonds is 1. The van der Waals surface area contributed by atoms with Gasteiger partial charge in [-0.05, 0) is 27.2 Å². The summed E-state index contributed by atoms with van der Waals surface area (Å²) in [4.78, 5) is 0. The SMILES string of the molecule is C[Si](C)(C)c1cccc(Br)c1F.[LiH]. The Morgan fingerprint density at radius 2 is 1.77 bits per heavy atom. The average Bonchev–Trinajstić information content (AvgIpc) is 1.92. The van der Waals surface area contributed by atoms with Crippen molar-refractivity contribution in [1.82, 2.24) is 0 Å². The molecule has 0 amide bonds. The van der Waals surface area contributed by atoms with Crippen LogP contribution in [0.5, 0.6) is 0 Å². The predicted molar refractivity (Wildman–Crippen MR) is 64.2 cm³/mol. The molecule has 0 aliphatic carbocycles. The van der Waals surface area contributed by atoms with Crippen LogP contribution < -0.4 is 5.19 Å². The molecule has 0 aromatic heterocycles. The minimum atomic E-state index is -1.51. The average molecular weight is 255 g/mol. The van der Waals surface area contributed by atoms with Crippen molar-refractivity contribution in [2.75, 3.05) is 0 Å². The Kier molecular flexibility index (Phi) is 4.95. The normalized spacial score (nSPS) is 10.8. The van der Waals surface area contributed by atoms with Crippen LogP contribution in [0.2, 0.25) is 19.6 Å². The molecule has 0 aliphatic rings. The van der Waals surface area contributed by atoms with Crippen molar-refractivity contribution < 1.29 is 4.39 Å². The summed E-state index contributed by atoms with van der Waals surface area (Å²) in [5.41, 5.74) is 0.